The van der Waals surface area contributed by atoms with Crippen molar-refractivity contribution >= 4 is 0 Å². The van der Waals surface area contributed by atoms with Gasteiger partial charge in [-0.25, -0.2) is 8.78 Å². The number of halogens is 2. The Morgan fingerprint density at radius 1 is 1.22 bits per heavy atom. The van der Waals surface area contributed by atoms with E-state index in [1.54, 1.807) is 18.3 Å². The van der Waals surface area contributed by atoms with Gasteiger partial charge in [-0.3, -0.25) is 16.3 Å². The Labute approximate surface area is 104 Å². The number of nitrogens with two attached hydrogens (primary N) is 1. The topological polar surface area (TPSA) is 50.9 Å². The average Bonchev–Trinajstić information content (AvgIpc) is 2.41. The van der Waals surface area contributed by atoms with Crippen molar-refractivity contribution in [3.05, 3.63) is 65.5 Å². The first kappa shape index (κ1) is 12.6. The van der Waals surface area contributed by atoms with Gasteiger partial charge in [-0.2, -0.15) is 0 Å². The molecule has 5 heteroatoms. The van der Waals surface area contributed by atoms with Gasteiger partial charge in [0, 0.05) is 6.20 Å². The third-order valence-electron chi connectivity index (χ3n) is 2.68. The van der Waals surface area contributed by atoms with Crippen LogP contribution in [0.2, 0.25) is 0 Å². The molecule has 2 aromatic rings. The summed E-state index contributed by atoms with van der Waals surface area (Å²) in [6.07, 6.45) is 1.86. The van der Waals surface area contributed by atoms with Crippen molar-refractivity contribution in [3.8, 4) is 0 Å². The number of hydrazine groups is 1. The van der Waals surface area contributed by atoms with E-state index in [9.17, 15) is 8.78 Å². The van der Waals surface area contributed by atoms with Crippen LogP contribution in [-0.2, 0) is 6.42 Å². The molecule has 1 unspecified atom stereocenters. The summed E-state index contributed by atoms with van der Waals surface area (Å²) in [5, 5.41) is 0. The molecule has 0 spiro atoms. The van der Waals surface area contributed by atoms with Gasteiger partial charge in [-0.15, -0.1) is 0 Å². The maximum Gasteiger partial charge on any atom is 0.126 e. The minimum atomic E-state index is -0.469. The van der Waals surface area contributed by atoms with Crippen molar-refractivity contribution in [2.24, 2.45) is 5.84 Å². The molecule has 0 aliphatic carbocycles. The zero-order valence-corrected chi connectivity index (χ0v) is 9.61. The lowest BCUT2D eigenvalue weighted by Gasteiger charge is -2.15. The first-order valence-electron chi connectivity index (χ1n) is 5.51. The van der Waals surface area contributed by atoms with Crippen LogP contribution in [0, 0.1) is 11.6 Å². The predicted octanol–water partition coefficient (Wildman–Crippen LogP) is 2.11. The van der Waals surface area contributed by atoms with Crippen LogP contribution in [0.1, 0.15) is 17.3 Å². The van der Waals surface area contributed by atoms with Gasteiger partial charge >= 0.3 is 0 Å². The molecule has 3 nitrogen and oxygen atoms in total. The molecule has 0 fully saturated rings. The molecule has 1 aromatic carbocycles. The number of hydrogen-bond donors (Lipinski definition) is 2. The van der Waals surface area contributed by atoms with E-state index in [0.29, 0.717) is 5.69 Å². The van der Waals surface area contributed by atoms with E-state index in [-0.39, 0.29) is 18.0 Å². The van der Waals surface area contributed by atoms with E-state index in [1.807, 2.05) is 6.07 Å². The van der Waals surface area contributed by atoms with Gasteiger partial charge in [0.1, 0.15) is 11.6 Å². The number of nitrogens with one attached hydrogen (secondary N) is 1. The molecule has 1 atom stereocenters. The van der Waals surface area contributed by atoms with E-state index in [0.717, 1.165) is 12.1 Å². The molecular weight excluding hydrogens is 236 g/mol. The molecular formula is C13H13F2N3. The fourth-order valence-corrected chi connectivity index (χ4v) is 1.75. The summed E-state index contributed by atoms with van der Waals surface area (Å²) >= 11 is 0. The lowest BCUT2D eigenvalue weighted by molar-refractivity contribution is 0.513. The maximum absolute atomic E-state index is 13.5. The van der Waals surface area contributed by atoms with Gasteiger partial charge in [-0.1, -0.05) is 6.07 Å². The van der Waals surface area contributed by atoms with E-state index < -0.39 is 11.6 Å². The van der Waals surface area contributed by atoms with Gasteiger partial charge < -0.3 is 0 Å². The Morgan fingerprint density at radius 3 is 2.72 bits per heavy atom. The molecule has 3 N–H and O–H groups in total. The Balaban J connectivity index is 2.23. The normalized spacial score (nSPS) is 12.4. The number of benzene rings is 1. The molecule has 18 heavy (non-hydrogen) atoms. The fourth-order valence-electron chi connectivity index (χ4n) is 1.75. The highest BCUT2D eigenvalue weighted by atomic mass is 19.1. The minimum absolute atomic E-state index is 0.233. The van der Waals surface area contributed by atoms with E-state index in [1.165, 1.54) is 6.07 Å². The second-order valence-electron chi connectivity index (χ2n) is 3.91. The molecule has 0 amide bonds. The molecule has 0 aliphatic heterocycles. The summed E-state index contributed by atoms with van der Waals surface area (Å²) in [7, 11) is 0. The van der Waals surface area contributed by atoms with Crippen LogP contribution in [0.15, 0.2) is 42.6 Å². The van der Waals surface area contributed by atoms with Gasteiger partial charge in [0.05, 0.1) is 11.7 Å². The van der Waals surface area contributed by atoms with E-state index in [2.05, 4.69) is 10.4 Å². The summed E-state index contributed by atoms with van der Waals surface area (Å²) in [5.74, 6) is 4.51. The number of nitrogens with zero attached hydrogens (tertiary/aromatic N) is 1. The molecule has 0 saturated carbocycles. The van der Waals surface area contributed by atoms with E-state index in [4.69, 9.17) is 5.84 Å². The predicted molar refractivity (Wildman–Crippen MR) is 64.4 cm³/mol. The van der Waals surface area contributed by atoms with Crippen molar-refractivity contribution in [3.63, 3.8) is 0 Å². The van der Waals surface area contributed by atoms with Crippen molar-refractivity contribution in [1.82, 2.24) is 10.4 Å². The number of aromatic nitrogens is 1. The standard InChI is InChI=1S/C13H13F2N3/c14-10-4-5-11(15)9(7-10)8-13(18-16)12-3-1-2-6-17-12/h1-7,13,18H,8,16H2. The summed E-state index contributed by atoms with van der Waals surface area (Å²) in [6, 6.07) is 8.38. The summed E-state index contributed by atoms with van der Waals surface area (Å²) in [6.45, 7) is 0. The Kier molecular flexibility index (Phi) is 3.96. The van der Waals surface area contributed by atoms with E-state index >= 15 is 0 Å². The monoisotopic (exact) mass is 249 g/mol. The van der Waals surface area contributed by atoms with Crippen molar-refractivity contribution in [1.29, 1.82) is 0 Å². The molecule has 94 valence electrons. The van der Waals surface area contributed by atoms with Gasteiger partial charge in [-0.05, 0) is 42.3 Å². The summed E-state index contributed by atoms with van der Waals surface area (Å²) < 4.78 is 26.6. The van der Waals surface area contributed by atoms with Crippen LogP contribution in [0.4, 0.5) is 8.78 Å². The third kappa shape index (κ3) is 2.88. The first-order valence-corrected chi connectivity index (χ1v) is 5.51. The van der Waals surface area contributed by atoms with Crippen molar-refractivity contribution in [2.75, 3.05) is 0 Å². The summed E-state index contributed by atoms with van der Waals surface area (Å²) in [5.41, 5.74) is 3.51. The lowest BCUT2D eigenvalue weighted by atomic mass is 10.0. The second-order valence-corrected chi connectivity index (χ2v) is 3.91. The largest absolute Gasteiger partial charge is 0.271 e. The van der Waals surface area contributed by atoms with Crippen LogP contribution < -0.4 is 11.3 Å². The molecule has 2 rings (SSSR count). The zero-order valence-electron chi connectivity index (χ0n) is 9.61. The molecule has 0 aliphatic rings. The smallest absolute Gasteiger partial charge is 0.126 e. The van der Waals surface area contributed by atoms with Gasteiger partial charge in [0.15, 0.2) is 0 Å². The Morgan fingerprint density at radius 2 is 2.06 bits per heavy atom. The molecule has 1 heterocycles. The van der Waals surface area contributed by atoms with Crippen LogP contribution in [0.25, 0.3) is 0 Å². The Bertz CT molecular complexity index is 517. The van der Waals surface area contributed by atoms with Crippen molar-refractivity contribution < 1.29 is 8.78 Å². The van der Waals surface area contributed by atoms with Crippen LogP contribution in [0.5, 0.6) is 0 Å². The van der Waals surface area contributed by atoms with Crippen molar-refractivity contribution in [2.45, 2.75) is 12.5 Å². The quantitative estimate of drug-likeness (QED) is 0.644. The Hall–Kier alpha value is -1.85. The molecule has 0 saturated heterocycles. The number of hydrogen-bond acceptors (Lipinski definition) is 3. The fraction of sp³-hybridized carbons (Fsp3) is 0.154. The molecule has 1 aromatic heterocycles. The second kappa shape index (κ2) is 5.66. The van der Waals surface area contributed by atoms with Gasteiger partial charge in [0.25, 0.3) is 0 Å². The SMILES string of the molecule is NNC(Cc1cc(F)ccc1F)c1ccccn1. The maximum atomic E-state index is 13.5. The number of pyridine rings is 1. The number of rotatable bonds is 4. The highest BCUT2D eigenvalue weighted by molar-refractivity contribution is 5.22. The highest BCUT2D eigenvalue weighted by Gasteiger charge is 2.14. The van der Waals surface area contributed by atoms with Gasteiger partial charge in [0.2, 0.25) is 0 Å². The molecule has 0 bridgehead atoms. The van der Waals surface area contributed by atoms with Crippen LogP contribution in [-0.4, -0.2) is 4.98 Å². The lowest BCUT2D eigenvalue weighted by Crippen LogP contribution is -2.30. The third-order valence-corrected chi connectivity index (χ3v) is 2.68. The highest BCUT2D eigenvalue weighted by Crippen LogP contribution is 2.18. The molecule has 0 radical (unpaired) electrons. The van der Waals surface area contributed by atoms with Crippen LogP contribution >= 0.6 is 0 Å². The average molecular weight is 249 g/mol. The minimum Gasteiger partial charge on any atom is -0.271 e. The van der Waals surface area contributed by atoms with Crippen LogP contribution in [0.3, 0.4) is 0 Å². The first-order chi connectivity index (χ1) is 8.70. The zero-order chi connectivity index (χ0) is 13.0. The summed E-state index contributed by atoms with van der Waals surface area (Å²) in [4.78, 5) is 4.14.